The molecule has 0 amide bonds. The quantitative estimate of drug-likeness (QED) is 0.641. The van der Waals surface area contributed by atoms with E-state index in [1.165, 1.54) is 5.01 Å². The maximum absolute atomic E-state index is 10.7. The van der Waals surface area contributed by atoms with Gasteiger partial charge in [0.05, 0.1) is 9.93 Å². The smallest absolute Gasteiger partial charge is 0.269 e. The number of hydrogen-bond acceptors (Lipinski definition) is 5. The number of hydrogen-bond donors (Lipinski definition) is 0. The molecule has 3 rings (SSSR count). The van der Waals surface area contributed by atoms with Crippen LogP contribution in [-0.4, -0.2) is 23.0 Å². The summed E-state index contributed by atoms with van der Waals surface area (Å²) in [7, 11) is 0. The Kier molecular flexibility index (Phi) is 3.64. The Morgan fingerprint density at radius 2 is 2.15 bits per heavy atom. The summed E-state index contributed by atoms with van der Waals surface area (Å²) in [5.41, 5.74) is 1.19. The zero-order valence-corrected chi connectivity index (χ0v) is 11.8. The Bertz CT molecular complexity index is 583. The second kappa shape index (κ2) is 5.58. The first-order chi connectivity index (χ1) is 9.74. The fourth-order valence-corrected chi connectivity index (χ4v) is 3.40. The van der Waals surface area contributed by atoms with Gasteiger partial charge >= 0.3 is 0 Å². The molecule has 1 aliphatic heterocycles. The molecule has 1 aliphatic rings. The van der Waals surface area contributed by atoms with Gasteiger partial charge in [-0.05, 0) is 25.0 Å². The number of anilines is 1. The highest BCUT2D eigenvalue weighted by molar-refractivity contribution is 7.09. The van der Waals surface area contributed by atoms with Crippen molar-refractivity contribution >= 4 is 22.7 Å². The standard InChI is InChI=1S/C14H15N3O2S/c18-17(19)13-5-3-12(4-6-13)16-8-1-2-11(10-16)14-15-7-9-20-14/h3-7,9,11H,1-2,8,10H2. The molecule has 104 valence electrons. The van der Waals surface area contributed by atoms with Gasteiger partial charge in [0.2, 0.25) is 0 Å². The van der Waals surface area contributed by atoms with E-state index in [4.69, 9.17) is 0 Å². The number of rotatable bonds is 3. The van der Waals surface area contributed by atoms with Gasteiger partial charge in [-0.15, -0.1) is 11.3 Å². The predicted molar refractivity (Wildman–Crippen MR) is 79.4 cm³/mol. The molecule has 0 spiro atoms. The lowest BCUT2D eigenvalue weighted by Crippen LogP contribution is -2.34. The van der Waals surface area contributed by atoms with E-state index in [0.717, 1.165) is 31.6 Å². The average molecular weight is 289 g/mol. The predicted octanol–water partition coefficient (Wildman–Crippen LogP) is 3.44. The number of benzene rings is 1. The number of nitro benzene ring substituents is 1. The summed E-state index contributed by atoms with van der Waals surface area (Å²) >= 11 is 1.71. The van der Waals surface area contributed by atoms with E-state index in [1.54, 1.807) is 23.5 Å². The lowest BCUT2D eigenvalue weighted by Gasteiger charge is -2.33. The average Bonchev–Trinajstić information content (AvgIpc) is 3.02. The first-order valence-corrected chi connectivity index (χ1v) is 7.51. The van der Waals surface area contributed by atoms with Crippen molar-refractivity contribution in [3.8, 4) is 0 Å². The SMILES string of the molecule is O=[N+]([O-])c1ccc(N2CCCC(c3nccs3)C2)cc1. The fourth-order valence-electron chi connectivity index (χ4n) is 2.63. The summed E-state index contributed by atoms with van der Waals surface area (Å²) in [4.78, 5) is 17.0. The summed E-state index contributed by atoms with van der Waals surface area (Å²) in [5.74, 6) is 0.471. The van der Waals surface area contributed by atoms with Crippen LogP contribution in [-0.2, 0) is 0 Å². The van der Waals surface area contributed by atoms with Gasteiger partial charge in [0.25, 0.3) is 5.69 Å². The fraction of sp³-hybridized carbons (Fsp3) is 0.357. The summed E-state index contributed by atoms with van der Waals surface area (Å²) in [5, 5.41) is 13.9. The van der Waals surface area contributed by atoms with E-state index in [9.17, 15) is 10.1 Å². The third-order valence-electron chi connectivity index (χ3n) is 3.65. The highest BCUT2D eigenvalue weighted by Crippen LogP contribution is 2.31. The first-order valence-electron chi connectivity index (χ1n) is 6.63. The van der Waals surface area contributed by atoms with Crippen molar-refractivity contribution in [1.29, 1.82) is 0 Å². The molecule has 2 heterocycles. The molecule has 0 N–H and O–H groups in total. The number of aromatic nitrogens is 1. The second-order valence-electron chi connectivity index (χ2n) is 4.93. The van der Waals surface area contributed by atoms with E-state index in [2.05, 4.69) is 9.88 Å². The van der Waals surface area contributed by atoms with Gasteiger partial charge in [0.15, 0.2) is 0 Å². The minimum Gasteiger partial charge on any atom is -0.371 e. The number of nitro groups is 1. The molecule has 0 bridgehead atoms. The molecule has 1 fully saturated rings. The summed E-state index contributed by atoms with van der Waals surface area (Å²) in [6, 6.07) is 6.81. The van der Waals surface area contributed by atoms with Crippen molar-refractivity contribution in [2.45, 2.75) is 18.8 Å². The molecule has 0 aliphatic carbocycles. The molecule has 20 heavy (non-hydrogen) atoms. The van der Waals surface area contributed by atoms with E-state index < -0.39 is 0 Å². The Labute approximate surface area is 121 Å². The number of non-ortho nitro benzene ring substituents is 1. The highest BCUT2D eigenvalue weighted by atomic mass is 32.1. The minimum atomic E-state index is -0.363. The van der Waals surface area contributed by atoms with Gasteiger partial charge in [0, 0.05) is 48.4 Å². The third kappa shape index (κ3) is 2.65. The molecule has 6 heteroatoms. The van der Waals surface area contributed by atoms with Gasteiger partial charge < -0.3 is 4.90 Å². The van der Waals surface area contributed by atoms with Crippen molar-refractivity contribution in [2.24, 2.45) is 0 Å². The van der Waals surface area contributed by atoms with Crippen LogP contribution in [0.2, 0.25) is 0 Å². The zero-order chi connectivity index (χ0) is 13.9. The molecule has 1 saturated heterocycles. The molecular formula is C14H15N3O2S. The lowest BCUT2D eigenvalue weighted by atomic mass is 9.98. The Hall–Kier alpha value is -1.95. The Balaban J connectivity index is 1.75. The minimum absolute atomic E-state index is 0.141. The zero-order valence-electron chi connectivity index (χ0n) is 10.9. The Morgan fingerprint density at radius 1 is 1.35 bits per heavy atom. The number of thiazole rings is 1. The van der Waals surface area contributed by atoms with Crippen LogP contribution in [0.4, 0.5) is 11.4 Å². The van der Waals surface area contributed by atoms with E-state index >= 15 is 0 Å². The summed E-state index contributed by atoms with van der Waals surface area (Å²) in [6.45, 7) is 1.94. The van der Waals surface area contributed by atoms with Gasteiger partial charge in [-0.1, -0.05) is 0 Å². The summed E-state index contributed by atoms with van der Waals surface area (Å²) in [6.07, 6.45) is 4.14. The maximum atomic E-state index is 10.7. The number of piperidine rings is 1. The molecule has 5 nitrogen and oxygen atoms in total. The van der Waals surface area contributed by atoms with Crippen LogP contribution < -0.4 is 4.90 Å². The molecule has 1 unspecified atom stereocenters. The van der Waals surface area contributed by atoms with E-state index in [-0.39, 0.29) is 10.6 Å². The van der Waals surface area contributed by atoms with Crippen molar-refractivity contribution in [1.82, 2.24) is 4.98 Å². The Morgan fingerprint density at radius 3 is 2.80 bits per heavy atom. The van der Waals surface area contributed by atoms with Crippen molar-refractivity contribution in [3.63, 3.8) is 0 Å². The summed E-state index contributed by atoms with van der Waals surface area (Å²) < 4.78 is 0. The van der Waals surface area contributed by atoms with Gasteiger partial charge in [0.1, 0.15) is 0 Å². The van der Waals surface area contributed by atoms with Gasteiger partial charge in [-0.3, -0.25) is 10.1 Å². The highest BCUT2D eigenvalue weighted by Gasteiger charge is 2.23. The van der Waals surface area contributed by atoms with Gasteiger partial charge in [-0.25, -0.2) is 4.98 Å². The van der Waals surface area contributed by atoms with Crippen LogP contribution in [0.5, 0.6) is 0 Å². The molecule has 1 aromatic heterocycles. The molecular weight excluding hydrogens is 274 g/mol. The van der Waals surface area contributed by atoms with Crippen LogP contribution in [0.25, 0.3) is 0 Å². The monoisotopic (exact) mass is 289 g/mol. The lowest BCUT2D eigenvalue weighted by molar-refractivity contribution is -0.384. The molecule has 2 aromatic rings. The van der Waals surface area contributed by atoms with E-state index in [0.29, 0.717) is 5.92 Å². The van der Waals surface area contributed by atoms with Gasteiger partial charge in [-0.2, -0.15) is 0 Å². The van der Waals surface area contributed by atoms with Crippen molar-refractivity contribution in [2.75, 3.05) is 18.0 Å². The third-order valence-corrected chi connectivity index (χ3v) is 4.59. The maximum Gasteiger partial charge on any atom is 0.269 e. The van der Waals surface area contributed by atoms with Crippen LogP contribution in [0.15, 0.2) is 35.8 Å². The van der Waals surface area contributed by atoms with Crippen LogP contribution in [0.1, 0.15) is 23.8 Å². The van der Waals surface area contributed by atoms with Crippen LogP contribution >= 0.6 is 11.3 Å². The largest absolute Gasteiger partial charge is 0.371 e. The first kappa shape index (κ1) is 13.1. The van der Waals surface area contributed by atoms with Crippen molar-refractivity contribution < 1.29 is 4.92 Å². The molecule has 1 atom stereocenters. The van der Waals surface area contributed by atoms with E-state index in [1.807, 2.05) is 23.7 Å². The topological polar surface area (TPSA) is 59.3 Å². The van der Waals surface area contributed by atoms with Crippen LogP contribution in [0, 0.1) is 10.1 Å². The molecule has 1 aromatic carbocycles. The molecule has 0 radical (unpaired) electrons. The van der Waals surface area contributed by atoms with Crippen molar-refractivity contribution in [3.05, 3.63) is 51.0 Å². The molecule has 0 saturated carbocycles. The van der Waals surface area contributed by atoms with Crippen LogP contribution in [0.3, 0.4) is 0 Å². The normalized spacial score (nSPS) is 19.0. The number of nitrogens with zero attached hydrogens (tertiary/aromatic N) is 3. The second-order valence-corrected chi connectivity index (χ2v) is 5.86.